The molecule has 0 aromatic rings. The van der Waals surface area contributed by atoms with Crippen LogP contribution in [0.4, 0.5) is 0 Å². The highest BCUT2D eigenvalue weighted by molar-refractivity contribution is 5.78. The summed E-state index contributed by atoms with van der Waals surface area (Å²) in [4.78, 5) is 11.2. The minimum Gasteiger partial charge on any atom is -0.353 e. The molecule has 1 amide bonds. The summed E-state index contributed by atoms with van der Waals surface area (Å²) in [7, 11) is 0. The molecule has 0 saturated carbocycles. The Labute approximate surface area is 85.0 Å². The Balaban J connectivity index is 3.65. The maximum Gasteiger partial charge on any atom is 0.234 e. The van der Waals surface area contributed by atoms with Crippen molar-refractivity contribution in [2.24, 2.45) is 5.41 Å². The first kappa shape index (κ1) is 12.7. The summed E-state index contributed by atoms with van der Waals surface area (Å²) >= 11 is 0. The van der Waals surface area contributed by atoms with Gasteiger partial charge in [-0.15, -0.1) is 6.58 Å². The Morgan fingerprint density at radius 3 is 2.79 bits per heavy atom. The molecule has 0 spiro atoms. The number of rotatable bonds is 6. The molecule has 14 heavy (non-hydrogen) atoms. The smallest absolute Gasteiger partial charge is 0.234 e. The summed E-state index contributed by atoms with van der Waals surface area (Å²) in [5, 5.41) is 14.2. The lowest BCUT2D eigenvalue weighted by Crippen LogP contribution is -2.38. The molecule has 0 radical (unpaired) electrons. The van der Waals surface area contributed by atoms with Gasteiger partial charge in [0, 0.05) is 13.1 Å². The average molecular weight is 195 g/mol. The van der Waals surface area contributed by atoms with Gasteiger partial charge >= 0.3 is 0 Å². The van der Waals surface area contributed by atoms with E-state index in [0.29, 0.717) is 13.1 Å². The Bertz CT molecular complexity index is 240. The van der Waals surface area contributed by atoms with Crippen LogP contribution >= 0.6 is 0 Å². The lowest BCUT2D eigenvalue weighted by atomic mass is 9.96. The molecule has 0 aliphatic heterocycles. The second-order valence-corrected chi connectivity index (χ2v) is 3.69. The van der Waals surface area contributed by atoms with Gasteiger partial charge < -0.3 is 10.6 Å². The summed E-state index contributed by atoms with van der Waals surface area (Å²) in [6.07, 6.45) is 1.69. The highest BCUT2D eigenvalue weighted by Crippen LogP contribution is 2.09. The first-order valence-electron chi connectivity index (χ1n) is 4.51. The lowest BCUT2D eigenvalue weighted by Gasteiger charge is -2.15. The van der Waals surface area contributed by atoms with Crippen LogP contribution in [0.5, 0.6) is 0 Å². The monoisotopic (exact) mass is 195 g/mol. The van der Waals surface area contributed by atoms with Crippen LogP contribution in [-0.2, 0) is 4.79 Å². The normalized spacial score (nSPS) is 10.4. The zero-order valence-electron chi connectivity index (χ0n) is 8.76. The third-order valence-electron chi connectivity index (χ3n) is 1.60. The quantitative estimate of drug-likeness (QED) is 0.477. The standard InChI is InChI=1S/C10H17N3O/c1-4-5-12-6-9(14)13-8-10(2,3)7-11/h4,12H,1,5-6,8H2,2-3H3,(H,13,14). The van der Waals surface area contributed by atoms with Crippen LogP contribution in [0.3, 0.4) is 0 Å². The number of carbonyl (C=O) groups excluding carboxylic acids is 1. The van der Waals surface area contributed by atoms with Crippen LogP contribution in [0.2, 0.25) is 0 Å². The number of nitriles is 1. The van der Waals surface area contributed by atoms with E-state index in [1.54, 1.807) is 19.9 Å². The molecule has 2 N–H and O–H groups in total. The number of carbonyl (C=O) groups is 1. The van der Waals surface area contributed by atoms with Gasteiger partial charge in [0.15, 0.2) is 0 Å². The fraction of sp³-hybridized carbons (Fsp3) is 0.600. The highest BCUT2D eigenvalue weighted by Gasteiger charge is 2.17. The number of hydrogen-bond donors (Lipinski definition) is 2. The van der Waals surface area contributed by atoms with Gasteiger partial charge in [0.25, 0.3) is 0 Å². The molecular formula is C10H17N3O. The van der Waals surface area contributed by atoms with Crippen molar-refractivity contribution in [3.05, 3.63) is 12.7 Å². The zero-order chi connectivity index (χ0) is 11.0. The van der Waals surface area contributed by atoms with Crippen LogP contribution in [0.15, 0.2) is 12.7 Å². The van der Waals surface area contributed by atoms with E-state index in [1.807, 2.05) is 0 Å². The van der Waals surface area contributed by atoms with Crippen LogP contribution in [0.25, 0.3) is 0 Å². The predicted molar refractivity (Wildman–Crippen MR) is 55.5 cm³/mol. The van der Waals surface area contributed by atoms with Crippen molar-refractivity contribution in [1.29, 1.82) is 5.26 Å². The fourth-order valence-electron chi connectivity index (χ4n) is 0.709. The lowest BCUT2D eigenvalue weighted by molar-refractivity contribution is -0.120. The minimum absolute atomic E-state index is 0.102. The molecule has 4 nitrogen and oxygen atoms in total. The van der Waals surface area contributed by atoms with E-state index in [0.717, 1.165) is 0 Å². The molecule has 0 atom stereocenters. The SMILES string of the molecule is C=CCNCC(=O)NCC(C)(C)C#N. The second-order valence-electron chi connectivity index (χ2n) is 3.69. The Morgan fingerprint density at radius 2 is 2.29 bits per heavy atom. The maximum atomic E-state index is 11.2. The van der Waals surface area contributed by atoms with Crippen molar-refractivity contribution in [2.75, 3.05) is 19.6 Å². The zero-order valence-corrected chi connectivity index (χ0v) is 8.76. The Hall–Kier alpha value is -1.34. The third kappa shape index (κ3) is 6.21. The molecule has 0 fully saturated rings. The summed E-state index contributed by atoms with van der Waals surface area (Å²) in [5.74, 6) is -0.102. The molecule has 0 aliphatic rings. The van der Waals surface area contributed by atoms with Crippen LogP contribution < -0.4 is 10.6 Å². The van der Waals surface area contributed by atoms with Crippen molar-refractivity contribution in [3.63, 3.8) is 0 Å². The predicted octanol–water partition coefficient (Wildman–Crippen LogP) is 0.428. The van der Waals surface area contributed by atoms with Gasteiger partial charge in [-0.25, -0.2) is 0 Å². The van der Waals surface area contributed by atoms with E-state index in [2.05, 4.69) is 23.3 Å². The number of hydrogen-bond acceptors (Lipinski definition) is 3. The molecule has 0 aromatic carbocycles. The van der Waals surface area contributed by atoms with Gasteiger partial charge in [0.05, 0.1) is 18.0 Å². The fourth-order valence-corrected chi connectivity index (χ4v) is 0.709. The molecule has 0 bridgehead atoms. The van der Waals surface area contributed by atoms with Crippen molar-refractivity contribution in [1.82, 2.24) is 10.6 Å². The highest BCUT2D eigenvalue weighted by atomic mass is 16.1. The Morgan fingerprint density at radius 1 is 1.64 bits per heavy atom. The van der Waals surface area contributed by atoms with Crippen LogP contribution in [0.1, 0.15) is 13.8 Å². The van der Waals surface area contributed by atoms with Gasteiger partial charge in [-0.1, -0.05) is 6.08 Å². The molecule has 0 saturated heterocycles. The maximum absolute atomic E-state index is 11.2. The van der Waals surface area contributed by atoms with Gasteiger partial charge in [-0.05, 0) is 13.8 Å². The summed E-state index contributed by atoms with van der Waals surface area (Å²) in [6, 6.07) is 2.11. The van der Waals surface area contributed by atoms with Crippen molar-refractivity contribution in [3.8, 4) is 6.07 Å². The number of nitrogens with zero attached hydrogens (tertiary/aromatic N) is 1. The van der Waals surface area contributed by atoms with E-state index < -0.39 is 5.41 Å². The summed E-state index contributed by atoms with van der Waals surface area (Å²) in [6.45, 7) is 8.32. The number of amides is 1. The first-order valence-corrected chi connectivity index (χ1v) is 4.51. The summed E-state index contributed by atoms with van der Waals surface area (Å²) < 4.78 is 0. The van der Waals surface area contributed by atoms with E-state index in [1.165, 1.54) is 0 Å². The molecular weight excluding hydrogens is 178 g/mol. The third-order valence-corrected chi connectivity index (χ3v) is 1.60. The van der Waals surface area contributed by atoms with Crippen molar-refractivity contribution in [2.45, 2.75) is 13.8 Å². The molecule has 78 valence electrons. The van der Waals surface area contributed by atoms with Crippen molar-refractivity contribution < 1.29 is 4.79 Å². The number of nitrogens with one attached hydrogen (secondary N) is 2. The topological polar surface area (TPSA) is 64.9 Å². The van der Waals surface area contributed by atoms with Gasteiger partial charge in [0.2, 0.25) is 5.91 Å². The molecule has 0 aromatic heterocycles. The second kappa shape index (κ2) is 6.17. The van der Waals surface area contributed by atoms with E-state index >= 15 is 0 Å². The van der Waals surface area contributed by atoms with Gasteiger partial charge in [-0.2, -0.15) is 5.26 Å². The van der Waals surface area contributed by atoms with Gasteiger partial charge in [-0.3, -0.25) is 4.79 Å². The summed E-state index contributed by atoms with van der Waals surface area (Å²) in [5.41, 5.74) is -0.506. The molecule has 4 heteroatoms. The minimum atomic E-state index is -0.506. The van der Waals surface area contributed by atoms with E-state index in [9.17, 15) is 4.79 Å². The molecule has 0 aliphatic carbocycles. The van der Waals surface area contributed by atoms with Crippen LogP contribution in [-0.4, -0.2) is 25.5 Å². The molecule has 0 unspecified atom stereocenters. The van der Waals surface area contributed by atoms with Crippen molar-refractivity contribution >= 4 is 5.91 Å². The average Bonchev–Trinajstić information content (AvgIpc) is 2.16. The molecule has 0 heterocycles. The van der Waals surface area contributed by atoms with Gasteiger partial charge in [0.1, 0.15) is 0 Å². The van der Waals surface area contributed by atoms with E-state index in [-0.39, 0.29) is 12.5 Å². The van der Waals surface area contributed by atoms with Crippen LogP contribution in [0, 0.1) is 16.7 Å². The molecule has 0 rings (SSSR count). The van der Waals surface area contributed by atoms with E-state index in [4.69, 9.17) is 5.26 Å². The Kier molecular flexibility index (Phi) is 5.58. The first-order chi connectivity index (χ1) is 6.52. The largest absolute Gasteiger partial charge is 0.353 e.